The number of aryl methyl sites for hydroxylation is 1. The first-order chi connectivity index (χ1) is 14.7. The molecule has 6 heteroatoms. The lowest BCUT2D eigenvalue weighted by Crippen LogP contribution is -2.46. The molecule has 0 radical (unpaired) electrons. The first-order valence-corrected chi connectivity index (χ1v) is 11.7. The third kappa shape index (κ3) is 4.40. The summed E-state index contributed by atoms with van der Waals surface area (Å²) in [4.78, 5) is 16.4. The van der Waals surface area contributed by atoms with E-state index in [0.29, 0.717) is 25.7 Å². The Balaban J connectivity index is 1.66. The number of nitrogens with one attached hydrogen (secondary N) is 1. The Morgan fingerprint density at radius 3 is 2.73 bits per heavy atom. The number of methoxy groups -OCH3 is 1. The number of ether oxygens (including phenoxy) is 1. The number of amides is 2. The number of benzene rings is 1. The number of carbonyl (C=O) groups excluding carboxylic acids is 1. The van der Waals surface area contributed by atoms with Gasteiger partial charge in [0, 0.05) is 43.2 Å². The molecule has 30 heavy (non-hydrogen) atoms. The van der Waals surface area contributed by atoms with Gasteiger partial charge in [0.15, 0.2) is 0 Å². The monoisotopic (exact) mass is 425 g/mol. The average Bonchev–Trinajstić information content (AvgIpc) is 3.39. The molecule has 1 saturated carbocycles. The lowest BCUT2D eigenvalue weighted by molar-refractivity contribution is 0.143. The number of hydrogen-bond acceptors (Lipinski definition) is 3. The largest absolute Gasteiger partial charge is 0.383 e. The predicted octanol–water partition coefficient (Wildman–Crippen LogP) is 5.40. The van der Waals surface area contributed by atoms with Crippen molar-refractivity contribution in [2.75, 3.05) is 20.3 Å². The van der Waals surface area contributed by atoms with Crippen molar-refractivity contribution in [3.63, 3.8) is 0 Å². The van der Waals surface area contributed by atoms with Gasteiger partial charge in [-0.3, -0.25) is 0 Å². The smallest absolute Gasteiger partial charge is 0.317 e. The molecule has 160 valence electrons. The second-order valence-electron chi connectivity index (χ2n) is 8.08. The van der Waals surface area contributed by atoms with Gasteiger partial charge in [-0.2, -0.15) is 0 Å². The quantitative estimate of drug-likeness (QED) is 0.551. The molecule has 3 aromatic rings. The summed E-state index contributed by atoms with van der Waals surface area (Å²) in [5.74, 6) is 0. The van der Waals surface area contributed by atoms with E-state index in [0.717, 1.165) is 12.8 Å². The van der Waals surface area contributed by atoms with Crippen LogP contribution >= 0.6 is 11.3 Å². The third-order valence-electron chi connectivity index (χ3n) is 6.10. The molecule has 0 spiro atoms. The highest BCUT2D eigenvalue weighted by Gasteiger charge is 2.24. The van der Waals surface area contributed by atoms with E-state index < -0.39 is 0 Å². The first-order valence-electron chi connectivity index (χ1n) is 10.8. The number of aromatic nitrogens is 1. The lowest BCUT2D eigenvalue weighted by Gasteiger charge is -2.28. The van der Waals surface area contributed by atoms with Gasteiger partial charge in [-0.1, -0.05) is 43.5 Å². The highest BCUT2D eigenvalue weighted by Crippen LogP contribution is 2.36. The standard InChI is InChI=1S/C24H31N3O2S/c1-26-21-12-7-6-11-19(21)20(23(26)22-13-8-16-30-22)17-27(14-15-29-2)24(28)25-18-9-4-3-5-10-18/h6-8,11-13,16,18H,3-5,9-10,14-15,17H2,1-2H3,(H,25,28). The zero-order chi connectivity index (χ0) is 20.9. The van der Waals surface area contributed by atoms with E-state index in [9.17, 15) is 4.79 Å². The molecule has 1 aromatic carbocycles. The van der Waals surface area contributed by atoms with E-state index in [1.165, 1.54) is 46.3 Å². The van der Waals surface area contributed by atoms with Gasteiger partial charge in [-0.25, -0.2) is 4.79 Å². The lowest BCUT2D eigenvalue weighted by atomic mass is 9.96. The Morgan fingerprint density at radius 1 is 1.20 bits per heavy atom. The van der Waals surface area contributed by atoms with Crippen LogP contribution in [0.25, 0.3) is 21.5 Å². The Labute approximate surface area is 182 Å². The topological polar surface area (TPSA) is 46.5 Å². The number of para-hydroxylation sites is 1. The van der Waals surface area contributed by atoms with Crippen LogP contribution in [0.2, 0.25) is 0 Å². The molecule has 5 nitrogen and oxygen atoms in total. The molecule has 2 aromatic heterocycles. The number of thiophene rings is 1. The number of urea groups is 1. The normalized spacial score (nSPS) is 14.9. The molecule has 0 aliphatic heterocycles. The Morgan fingerprint density at radius 2 is 2.00 bits per heavy atom. The minimum absolute atomic E-state index is 0.0176. The van der Waals surface area contributed by atoms with Gasteiger partial charge in [0.05, 0.1) is 23.7 Å². The van der Waals surface area contributed by atoms with Crippen LogP contribution < -0.4 is 5.32 Å². The summed E-state index contributed by atoms with van der Waals surface area (Å²) in [6, 6.07) is 13.0. The van der Waals surface area contributed by atoms with Gasteiger partial charge in [-0.15, -0.1) is 11.3 Å². The van der Waals surface area contributed by atoms with Gasteiger partial charge in [0.1, 0.15) is 0 Å². The van der Waals surface area contributed by atoms with E-state index in [1.807, 2.05) is 4.90 Å². The molecule has 1 fully saturated rings. The maximum absolute atomic E-state index is 13.2. The molecule has 0 unspecified atom stereocenters. The average molecular weight is 426 g/mol. The van der Waals surface area contributed by atoms with Crippen LogP contribution in [0.3, 0.4) is 0 Å². The maximum Gasteiger partial charge on any atom is 0.317 e. The van der Waals surface area contributed by atoms with E-state index in [-0.39, 0.29) is 6.03 Å². The molecule has 1 aliphatic rings. The number of hydrogen-bond donors (Lipinski definition) is 1. The summed E-state index contributed by atoms with van der Waals surface area (Å²) >= 11 is 1.74. The number of fused-ring (bicyclic) bond motifs is 1. The molecule has 1 aliphatic carbocycles. The SMILES string of the molecule is COCCN(Cc1c(-c2cccs2)n(C)c2ccccc12)C(=O)NC1CCCCC1. The van der Waals surface area contributed by atoms with Crippen LogP contribution in [-0.2, 0) is 18.3 Å². The van der Waals surface area contributed by atoms with Crippen molar-refractivity contribution in [1.29, 1.82) is 0 Å². The molecule has 2 heterocycles. The number of nitrogens with zero attached hydrogens (tertiary/aromatic N) is 2. The van der Waals surface area contributed by atoms with Crippen LogP contribution in [0.5, 0.6) is 0 Å². The summed E-state index contributed by atoms with van der Waals surface area (Å²) in [5, 5.41) is 6.60. The van der Waals surface area contributed by atoms with E-state index >= 15 is 0 Å². The van der Waals surface area contributed by atoms with Crippen LogP contribution in [0, 0.1) is 0 Å². The van der Waals surface area contributed by atoms with Crippen LogP contribution in [-0.4, -0.2) is 41.8 Å². The highest BCUT2D eigenvalue weighted by atomic mass is 32.1. The summed E-state index contributed by atoms with van der Waals surface area (Å²) in [5.41, 5.74) is 3.58. The first kappa shape index (κ1) is 20.9. The summed E-state index contributed by atoms with van der Waals surface area (Å²) in [6.07, 6.45) is 5.85. The third-order valence-corrected chi connectivity index (χ3v) is 6.98. The molecule has 0 atom stereocenters. The fourth-order valence-electron chi connectivity index (χ4n) is 4.52. The van der Waals surface area contributed by atoms with E-state index in [4.69, 9.17) is 4.74 Å². The zero-order valence-electron chi connectivity index (χ0n) is 17.9. The molecule has 4 rings (SSSR count). The Kier molecular flexibility index (Phi) is 6.75. The molecule has 0 saturated heterocycles. The predicted molar refractivity (Wildman–Crippen MR) is 124 cm³/mol. The van der Waals surface area contributed by atoms with Gasteiger partial charge in [0.25, 0.3) is 0 Å². The number of rotatable bonds is 7. The van der Waals surface area contributed by atoms with Gasteiger partial charge in [0.2, 0.25) is 0 Å². The molecular weight excluding hydrogens is 394 g/mol. The minimum atomic E-state index is 0.0176. The fraction of sp³-hybridized carbons (Fsp3) is 0.458. The van der Waals surface area contributed by atoms with E-state index in [2.05, 4.69) is 58.7 Å². The van der Waals surface area contributed by atoms with Crippen LogP contribution in [0.1, 0.15) is 37.7 Å². The number of carbonyl (C=O) groups is 1. The summed E-state index contributed by atoms with van der Waals surface area (Å²) < 4.78 is 7.57. The van der Waals surface area contributed by atoms with Gasteiger partial charge in [-0.05, 0) is 30.4 Å². The summed E-state index contributed by atoms with van der Waals surface area (Å²) in [6.45, 7) is 1.66. The van der Waals surface area contributed by atoms with Crippen molar-refractivity contribution in [2.24, 2.45) is 7.05 Å². The van der Waals surface area contributed by atoms with Crippen molar-refractivity contribution in [1.82, 2.24) is 14.8 Å². The summed E-state index contributed by atoms with van der Waals surface area (Å²) in [7, 11) is 3.80. The van der Waals surface area contributed by atoms with Gasteiger partial charge < -0.3 is 19.5 Å². The Bertz CT molecular complexity index is 974. The minimum Gasteiger partial charge on any atom is -0.383 e. The zero-order valence-corrected chi connectivity index (χ0v) is 18.7. The molecule has 1 N–H and O–H groups in total. The second kappa shape index (κ2) is 9.67. The van der Waals surface area contributed by atoms with Crippen molar-refractivity contribution < 1.29 is 9.53 Å². The molecular formula is C24H31N3O2S. The molecule has 2 amide bonds. The molecule has 0 bridgehead atoms. The Hall–Kier alpha value is -2.31. The van der Waals surface area contributed by atoms with E-state index in [1.54, 1.807) is 18.4 Å². The second-order valence-corrected chi connectivity index (χ2v) is 9.03. The van der Waals surface area contributed by atoms with Crippen LogP contribution in [0.15, 0.2) is 41.8 Å². The van der Waals surface area contributed by atoms with Gasteiger partial charge >= 0.3 is 6.03 Å². The van der Waals surface area contributed by atoms with Crippen molar-refractivity contribution >= 4 is 28.3 Å². The fourth-order valence-corrected chi connectivity index (χ4v) is 5.35. The highest BCUT2D eigenvalue weighted by molar-refractivity contribution is 7.13. The van der Waals surface area contributed by atoms with Crippen molar-refractivity contribution in [2.45, 2.75) is 44.7 Å². The maximum atomic E-state index is 13.2. The van der Waals surface area contributed by atoms with Crippen molar-refractivity contribution in [3.8, 4) is 10.6 Å². The van der Waals surface area contributed by atoms with Crippen molar-refractivity contribution in [3.05, 3.63) is 47.3 Å². The van der Waals surface area contributed by atoms with Crippen LogP contribution in [0.4, 0.5) is 4.79 Å².